The Morgan fingerprint density at radius 2 is 1.92 bits per heavy atom. The van der Waals surface area contributed by atoms with Gasteiger partial charge in [0, 0.05) is 0 Å². The van der Waals surface area contributed by atoms with Crippen molar-refractivity contribution in [1.82, 2.24) is 0 Å². The number of cyclic esters (lactones) is 2. The highest BCUT2D eigenvalue weighted by atomic mass is 16.6. The first-order valence-corrected chi connectivity index (χ1v) is 3.60. The fourth-order valence-electron chi connectivity index (χ4n) is 0.690. The minimum Gasteiger partial charge on any atom is -0.473 e. The van der Waals surface area contributed by atoms with Crippen LogP contribution in [0.25, 0.3) is 0 Å². The summed E-state index contributed by atoms with van der Waals surface area (Å²) in [6.07, 6.45) is 1.83. The first-order valence-electron chi connectivity index (χ1n) is 3.60. The van der Waals surface area contributed by atoms with Crippen LogP contribution in [0.5, 0.6) is 0 Å². The van der Waals surface area contributed by atoms with E-state index in [1.54, 1.807) is 12.5 Å². The average Bonchev–Trinajstić information content (AvgIpc) is 2.66. The predicted molar refractivity (Wildman–Crippen MR) is 40.4 cm³/mol. The van der Waals surface area contributed by atoms with Crippen LogP contribution in [-0.2, 0) is 14.3 Å². The Morgan fingerprint density at radius 3 is 2.08 bits per heavy atom. The summed E-state index contributed by atoms with van der Waals surface area (Å²) in [7, 11) is 0. The van der Waals surface area contributed by atoms with Crippen LogP contribution in [0.4, 0.5) is 0 Å². The maximum absolute atomic E-state index is 10.1. The molecule has 1 atom stereocenters. The molecule has 1 aromatic rings. The third-order valence-electron chi connectivity index (χ3n) is 1.27. The van der Waals surface area contributed by atoms with Gasteiger partial charge < -0.3 is 14.3 Å². The second-order valence-electron chi connectivity index (χ2n) is 2.31. The normalized spacial score (nSPS) is 20.5. The molecule has 1 aromatic heterocycles. The number of hydrogen-bond acceptors (Lipinski definition) is 5. The van der Waals surface area contributed by atoms with Gasteiger partial charge in [0.1, 0.15) is 0 Å². The summed E-state index contributed by atoms with van der Waals surface area (Å²) in [5.74, 6) is -1.49. The lowest BCUT2D eigenvalue weighted by Crippen LogP contribution is -2.11. The van der Waals surface area contributed by atoms with Crippen LogP contribution in [-0.4, -0.2) is 23.1 Å². The molecule has 5 nitrogen and oxygen atoms in total. The Balaban J connectivity index is 0.000000145. The minimum atomic E-state index is -1.22. The molecular weight excluding hydrogens is 176 g/mol. The van der Waals surface area contributed by atoms with E-state index in [4.69, 9.17) is 5.11 Å². The predicted octanol–water partition coefficient (Wildman–Crippen LogP) is 0.100. The Labute approximate surface area is 73.9 Å². The van der Waals surface area contributed by atoms with E-state index in [1.165, 1.54) is 0 Å². The van der Waals surface area contributed by atoms with Crippen molar-refractivity contribution < 1.29 is 23.8 Å². The van der Waals surface area contributed by atoms with Gasteiger partial charge in [-0.15, -0.1) is 0 Å². The van der Waals surface area contributed by atoms with Crippen molar-refractivity contribution in [1.29, 1.82) is 0 Å². The molecule has 1 unspecified atom stereocenters. The summed E-state index contributed by atoms with van der Waals surface area (Å²) < 4.78 is 8.53. The van der Waals surface area contributed by atoms with E-state index in [-0.39, 0.29) is 6.42 Å². The molecule has 2 rings (SSSR count). The summed E-state index contributed by atoms with van der Waals surface area (Å²) in [4.78, 5) is 20.2. The third kappa shape index (κ3) is 3.08. The van der Waals surface area contributed by atoms with Gasteiger partial charge in [-0.3, -0.25) is 4.79 Å². The van der Waals surface area contributed by atoms with Crippen molar-refractivity contribution in [2.45, 2.75) is 12.5 Å². The number of aliphatic hydroxyl groups is 1. The Hall–Kier alpha value is -1.62. The standard InChI is InChI=1S/C4H4O4.C4H4O/c5-2-1-3(6)8-4(2)7;1-2-4-5-3-1/h2,5H,1H2;1-4H. The molecule has 1 aliphatic heterocycles. The lowest BCUT2D eigenvalue weighted by atomic mass is 10.3. The van der Waals surface area contributed by atoms with E-state index >= 15 is 0 Å². The number of carbonyl (C=O) groups excluding carboxylic acids is 2. The van der Waals surface area contributed by atoms with Gasteiger partial charge in [-0.25, -0.2) is 4.79 Å². The van der Waals surface area contributed by atoms with Gasteiger partial charge in [0.15, 0.2) is 6.10 Å². The first kappa shape index (κ1) is 9.47. The van der Waals surface area contributed by atoms with Crippen LogP contribution in [0, 0.1) is 0 Å². The van der Waals surface area contributed by atoms with E-state index in [0.717, 1.165) is 0 Å². The van der Waals surface area contributed by atoms with Gasteiger partial charge >= 0.3 is 11.9 Å². The lowest BCUT2D eigenvalue weighted by Gasteiger charge is -1.86. The van der Waals surface area contributed by atoms with Gasteiger partial charge in [0.25, 0.3) is 0 Å². The summed E-state index contributed by atoms with van der Waals surface area (Å²) in [5.41, 5.74) is 0. The van der Waals surface area contributed by atoms with E-state index in [9.17, 15) is 9.59 Å². The number of furan rings is 1. The average molecular weight is 184 g/mol. The molecule has 1 aliphatic rings. The van der Waals surface area contributed by atoms with E-state index in [1.807, 2.05) is 12.1 Å². The number of carbonyl (C=O) groups is 2. The van der Waals surface area contributed by atoms with Crippen LogP contribution in [0.3, 0.4) is 0 Å². The summed E-state index contributed by atoms with van der Waals surface area (Å²) in [5, 5.41) is 8.47. The van der Waals surface area contributed by atoms with E-state index in [2.05, 4.69) is 9.15 Å². The molecule has 70 valence electrons. The van der Waals surface area contributed by atoms with Crippen molar-refractivity contribution in [3.63, 3.8) is 0 Å². The van der Waals surface area contributed by atoms with Gasteiger partial charge in [0.2, 0.25) is 0 Å². The molecule has 1 fully saturated rings. The summed E-state index contributed by atoms with van der Waals surface area (Å²) in [6, 6.07) is 3.67. The molecule has 13 heavy (non-hydrogen) atoms. The zero-order valence-corrected chi connectivity index (χ0v) is 6.67. The summed E-state index contributed by atoms with van der Waals surface area (Å²) in [6.45, 7) is 0. The van der Waals surface area contributed by atoms with Crippen molar-refractivity contribution in [2.75, 3.05) is 0 Å². The Morgan fingerprint density at radius 1 is 1.31 bits per heavy atom. The monoisotopic (exact) mass is 184 g/mol. The van der Waals surface area contributed by atoms with Gasteiger partial charge in [0.05, 0.1) is 18.9 Å². The summed E-state index contributed by atoms with van der Waals surface area (Å²) >= 11 is 0. The molecule has 0 bridgehead atoms. The lowest BCUT2D eigenvalue weighted by molar-refractivity contribution is -0.154. The van der Waals surface area contributed by atoms with Crippen LogP contribution >= 0.6 is 0 Å². The molecule has 1 saturated heterocycles. The van der Waals surface area contributed by atoms with Gasteiger partial charge in [-0.1, -0.05) is 0 Å². The second-order valence-corrected chi connectivity index (χ2v) is 2.31. The van der Waals surface area contributed by atoms with E-state index in [0.29, 0.717) is 0 Å². The molecule has 0 amide bonds. The SMILES string of the molecule is O=C1CC(O)C(=O)O1.c1ccoc1. The van der Waals surface area contributed by atoms with E-state index < -0.39 is 18.0 Å². The quantitative estimate of drug-likeness (QED) is 0.457. The number of hydrogen-bond donors (Lipinski definition) is 1. The van der Waals surface area contributed by atoms with Gasteiger partial charge in [-0.05, 0) is 12.1 Å². The highest BCUT2D eigenvalue weighted by molar-refractivity contribution is 5.95. The molecule has 2 heterocycles. The molecule has 0 radical (unpaired) electrons. The van der Waals surface area contributed by atoms with Gasteiger partial charge in [-0.2, -0.15) is 0 Å². The number of esters is 2. The van der Waals surface area contributed by atoms with Crippen molar-refractivity contribution in [2.24, 2.45) is 0 Å². The van der Waals surface area contributed by atoms with Crippen molar-refractivity contribution in [3.8, 4) is 0 Å². The number of aliphatic hydroxyl groups excluding tert-OH is 1. The fourth-order valence-corrected chi connectivity index (χ4v) is 0.690. The maximum Gasteiger partial charge on any atom is 0.343 e. The van der Waals surface area contributed by atoms with Crippen LogP contribution in [0.15, 0.2) is 29.1 Å². The van der Waals surface area contributed by atoms with Crippen LogP contribution < -0.4 is 0 Å². The fraction of sp³-hybridized carbons (Fsp3) is 0.250. The maximum atomic E-state index is 10.1. The first-order chi connectivity index (χ1) is 6.20. The topological polar surface area (TPSA) is 76.7 Å². The largest absolute Gasteiger partial charge is 0.473 e. The highest BCUT2D eigenvalue weighted by Crippen LogP contribution is 2.05. The Kier molecular flexibility index (Phi) is 3.22. The minimum absolute atomic E-state index is 0.196. The number of ether oxygens (including phenoxy) is 1. The molecular formula is C8H8O5. The molecule has 1 N–H and O–H groups in total. The van der Waals surface area contributed by atoms with Crippen molar-refractivity contribution in [3.05, 3.63) is 24.7 Å². The molecule has 0 aliphatic carbocycles. The zero-order valence-electron chi connectivity index (χ0n) is 6.67. The van der Waals surface area contributed by atoms with Crippen molar-refractivity contribution >= 4 is 11.9 Å². The smallest absolute Gasteiger partial charge is 0.343 e. The Bertz CT molecular complexity index is 260. The highest BCUT2D eigenvalue weighted by Gasteiger charge is 2.30. The van der Waals surface area contributed by atoms with Crippen LogP contribution in [0.1, 0.15) is 6.42 Å². The molecule has 0 saturated carbocycles. The second kappa shape index (κ2) is 4.42. The number of rotatable bonds is 0. The molecule has 0 aromatic carbocycles. The molecule has 0 spiro atoms. The van der Waals surface area contributed by atoms with Crippen LogP contribution in [0.2, 0.25) is 0 Å². The third-order valence-corrected chi connectivity index (χ3v) is 1.27. The molecule has 5 heteroatoms. The zero-order chi connectivity index (χ0) is 9.68.